The summed E-state index contributed by atoms with van der Waals surface area (Å²) in [5.41, 5.74) is -0.959. The Kier molecular flexibility index (Phi) is 4.04. The van der Waals surface area contributed by atoms with Crippen LogP contribution in [0.15, 0.2) is 23.2 Å². The average Bonchev–Trinajstić information content (AvgIpc) is 3.41. The molecule has 1 spiro atoms. The SMILES string of the molecule is C[C@@H]1CN2c3c(cc4c(-n5cncn5)noc4c3F)CC3(C(=O)CC(=O)NC3=O)[C@H]2[C@H](C)O1. The number of carbonyl (C=O) groups is 3. The first-order chi connectivity index (χ1) is 15.8. The quantitative estimate of drug-likeness (QED) is 0.416. The first-order valence-electron chi connectivity index (χ1n) is 10.6. The van der Waals surface area contributed by atoms with Gasteiger partial charge in [0.15, 0.2) is 11.6 Å². The Morgan fingerprint density at radius 3 is 2.82 bits per heavy atom. The van der Waals surface area contributed by atoms with Crippen molar-refractivity contribution in [2.24, 2.45) is 5.41 Å². The molecule has 11 nitrogen and oxygen atoms in total. The fraction of sp³-hybridized carbons (Fsp3) is 0.429. The Balaban J connectivity index is 1.61. The van der Waals surface area contributed by atoms with E-state index in [4.69, 9.17) is 9.26 Å². The smallest absolute Gasteiger partial charge is 0.242 e. The Morgan fingerprint density at radius 2 is 2.09 bits per heavy atom. The lowest BCUT2D eigenvalue weighted by atomic mass is 9.63. The second-order valence-corrected chi connectivity index (χ2v) is 8.80. The maximum Gasteiger partial charge on any atom is 0.242 e. The van der Waals surface area contributed by atoms with Gasteiger partial charge in [-0.15, -0.1) is 0 Å². The number of amides is 2. The van der Waals surface area contributed by atoms with Crippen molar-refractivity contribution in [1.82, 2.24) is 25.2 Å². The number of hydrogen-bond donors (Lipinski definition) is 1. The normalized spacial score (nSPS) is 29.4. The summed E-state index contributed by atoms with van der Waals surface area (Å²) in [6.45, 7) is 3.85. The number of halogens is 1. The fourth-order valence-corrected chi connectivity index (χ4v) is 5.62. The predicted molar refractivity (Wildman–Crippen MR) is 109 cm³/mol. The van der Waals surface area contributed by atoms with Crippen molar-refractivity contribution >= 4 is 34.3 Å². The molecule has 2 amide bonds. The molecule has 0 bridgehead atoms. The van der Waals surface area contributed by atoms with Gasteiger partial charge in [-0.25, -0.2) is 9.37 Å². The number of ketones is 1. The molecule has 0 saturated carbocycles. The van der Waals surface area contributed by atoms with Gasteiger partial charge in [-0.2, -0.15) is 9.78 Å². The minimum Gasteiger partial charge on any atom is -0.372 e. The molecular weight excluding hydrogens is 435 g/mol. The molecule has 2 fully saturated rings. The fourth-order valence-electron chi connectivity index (χ4n) is 5.62. The molecular formula is C21H19FN6O5. The zero-order valence-electron chi connectivity index (χ0n) is 17.7. The van der Waals surface area contributed by atoms with Crippen molar-refractivity contribution in [2.45, 2.75) is 44.9 Å². The van der Waals surface area contributed by atoms with Crippen molar-refractivity contribution in [1.29, 1.82) is 0 Å². The number of hydrogen-bond acceptors (Lipinski definition) is 9. The number of morpholine rings is 1. The summed E-state index contributed by atoms with van der Waals surface area (Å²) in [5.74, 6) is -2.22. The van der Waals surface area contributed by atoms with Gasteiger partial charge in [0.2, 0.25) is 23.2 Å². The van der Waals surface area contributed by atoms with Crippen LogP contribution in [-0.4, -0.2) is 62.3 Å². The van der Waals surface area contributed by atoms with E-state index in [2.05, 4.69) is 20.6 Å². The van der Waals surface area contributed by atoms with E-state index in [1.165, 1.54) is 17.3 Å². The number of ether oxygens (including phenoxy) is 1. The van der Waals surface area contributed by atoms with E-state index >= 15 is 4.39 Å². The van der Waals surface area contributed by atoms with Crippen molar-refractivity contribution in [3.63, 3.8) is 0 Å². The van der Waals surface area contributed by atoms with Crippen LogP contribution in [0.25, 0.3) is 16.8 Å². The first kappa shape index (κ1) is 20.0. The van der Waals surface area contributed by atoms with Crippen LogP contribution in [0.2, 0.25) is 0 Å². The zero-order chi connectivity index (χ0) is 23.1. The van der Waals surface area contributed by atoms with Crippen LogP contribution < -0.4 is 10.2 Å². The molecule has 6 rings (SSSR count). The summed E-state index contributed by atoms with van der Waals surface area (Å²) in [6, 6.07) is 0.882. The third-order valence-corrected chi connectivity index (χ3v) is 6.79. The molecule has 0 aliphatic carbocycles. The van der Waals surface area contributed by atoms with Gasteiger partial charge >= 0.3 is 0 Å². The van der Waals surface area contributed by atoms with Gasteiger partial charge < -0.3 is 14.2 Å². The molecule has 4 atom stereocenters. The number of nitrogens with one attached hydrogen (secondary N) is 1. The van der Waals surface area contributed by atoms with Crippen LogP contribution in [0.4, 0.5) is 10.1 Å². The molecule has 5 heterocycles. The van der Waals surface area contributed by atoms with Crippen LogP contribution >= 0.6 is 0 Å². The molecule has 1 unspecified atom stereocenters. The number of benzene rings is 1. The highest BCUT2D eigenvalue weighted by atomic mass is 19.1. The second kappa shape index (κ2) is 6.67. The summed E-state index contributed by atoms with van der Waals surface area (Å²) in [7, 11) is 0. The van der Waals surface area contributed by atoms with Crippen LogP contribution in [0.3, 0.4) is 0 Å². The van der Waals surface area contributed by atoms with Gasteiger partial charge in [-0.05, 0) is 31.9 Å². The Morgan fingerprint density at radius 1 is 1.27 bits per heavy atom. The van der Waals surface area contributed by atoms with Crippen molar-refractivity contribution in [3.05, 3.63) is 30.1 Å². The predicted octanol–water partition coefficient (Wildman–Crippen LogP) is 0.688. The monoisotopic (exact) mass is 454 g/mol. The Labute approximate surface area is 185 Å². The highest BCUT2D eigenvalue weighted by Crippen LogP contribution is 2.50. The standard InChI is InChI=1S/C21H19FN6O5/c1-9-6-27-16-11(3-12-17(15(16)22)33-26-19(12)28-8-23-7-24-28)5-21(18(27)10(2)32-9)13(29)4-14(30)25-20(21)31/h3,7-10,18H,4-6H2,1-2H3,(H,25,30,31)/t9-,10+,18-,21?/m1/s1. The number of piperidine rings is 1. The maximum absolute atomic E-state index is 15.9. The van der Waals surface area contributed by atoms with Crippen LogP contribution in [0, 0.1) is 11.2 Å². The Bertz CT molecular complexity index is 1310. The zero-order valence-corrected chi connectivity index (χ0v) is 17.7. The maximum atomic E-state index is 15.9. The second-order valence-electron chi connectivity index (χ2n) is 8.80. The van der Waals surface area contributed by atoms with E-state index in [1.54, 1.807) is 17.9 Å². The molecule has 1 N–H and O–H groups in total. The number of imide groups is 1. The van der Waals surface area contributed by atoms with Gasteiger partial charge in [-0.3, -0.25) is 19.7 Å². The van der Waals surface area contributed by atoms with E-state index < -0.39 is 47.4 Å². The summed E-state index contributed by atoms with van der Waals surface area (Å²) < 4.78 is 28.6. The van der Waals surface area contributed by atoms with Crippen LogP contribution in [-0.2, 0) is 25.5 Å². The van der Waals surface area contributed by atoms with Gasteiger partial charge in [0, 0.05) is 6.54 Å². The van der Waals surface area contributed by atoms with Crippen molar-refractivity contribution in [3.8, 4) is 5.82 Å². The lowest BCUT2D eigenvalue weighted by molar-refractivity contribution is -0.158. The van der Waals surface area contributed by atoms with Gasteiger partial charge in [0.1, 0.15) is 18.1 Å². The topological polar surface area (TPSA) is 132 Å². The molecule has 170 valence electrons. The summed E-state index contributed by atoms with van der Waals surface area (Å²) in [6.07, 6.45) is 1.36. The van der Waals surface area contributed by atoms with E-state index in [0.29, 0.717) is 10.9 Å². The third kappa shape index (κ3) is 2.58. The average molecular weight is 454 g/mol. The molecule has 1 aromatic carbocycles. The van der Waals surface area contributed by atoms with E-state index in [9.17, 15) is 14.4 Å². The van der Waals surface area contributed by atoms with Crippen LogP contribution in [0.5, 0.6) is 0 Å². The molecule has 3 aromatic rings. The van der Waals surface area contributed by atoms with Crippen molar-refractivity contribution in [2.75, 3.05) is 11.4 Å². The number of Topliss-reactive ketones (excluding diaryl/α,β-unsaturated/α-hetero) is 1. The summed E-state index contributed by atoms with van der Waals surface area (Å²) in [5, 5.41) is 10.6. The molecule has 12 heteroatoms. The molecule has 33 heavy (non-hydrogen) atoms. The van der Waals surface area contributed by atoms with E-state index in [0.717, 1.165) is 0 Å². The van der Waals surface area contributed by atoms with Crippen LogP contribution in [0.1, 0.15) is 25.8 Å². The number of fused-ring (bicyclic) bond motifs is 5. The third-order valence-electron chi connectivity index (χ3n) is 6.79. The molecule has 0 radical (unpaired) electrons. The summed E-state index contributed by atoms with van der Waals surface area (Å²) in [4.78, 5) is 44.1. The van der Waals surface area contributed by atoms with Crippen molar-refractivity contribution < 1.29 is 28.0 Å². The largest absolute Gasteiger partial charge is 0.372 e. The lowest BCUT2D eigenvalue weighted by Crippen LogP contribution is -2.72. The minimum absolute atomic E-state index is 0.0599. The molecule has 2 aromatic heterocycles. The molecule has 3 aliphatic rings. The minimum atomic E-state index is -1.59. The molecule has 3 aliphatic heterocycles. The number of nitrogens with zero attached hydrogens (tertiary/aromatic N) is 5. The summed E-state index contributed by atoms with van der Waals surface area (Å²) >= 11 is 0. The van der Waals surface area contributed by atoms with Gasteiger partial charge in [-0.1, -0.05) is 5.16 Å². The molecule has 2 saturated heterocycles. The van der Waals surface area contributed by atoms with Gasteiger partial charge in [0.25, 0.3) is 0 Å². The first-order valence-corrected chi connectivity index (χ1v) is 10.6. The number of aromatic nitrogens is 4. The van der Waals surface area contributed by atoms with Gasteiger partial charge in [0.05, 0.1) is 35.7 Å². The Hall–Kier alpha value is -3.67. The highest BCUT2D eigenvalue weighted by molar-refractivity contribution is 6.22. The number of anilines is 1. The van der Waals surface area contributed by atoms with E-state index in [1.807, 2.05) is 6.92 Å². The lowest BCUT2D eigenvalue weighted by Gasteiger charge is -2.55. The number of carbonyl (C=O) groups excluding carboxylic acids is 3. The highest BCUT2D eigenvalue weighted by Gasteiger charge is 2.62. The van der Waals surface area contributed by atoms with E-state index in [-0.39, 0.29) is 36.2 Å². The number of rotatable bonds is 1.